The molecule has 5 heteroatoms. The van der Waals surface area contributed by atoms with Gasteiger partial charge in [-0.15, -0.1) is 0 Å². The first-order chi connectivity index (χ1) is 16.2. The molecule has 0 saturated heterocycles. The van der Waals surface area contributed by atoms with Crippen LogP contribution < -0.4 is 4.90 Å². The number of hydrogen-bond donors (Lipinski definition) is 0. The van der Waals surface area contributed by atoms with Crippen LogP contribution in [-0.2, 0) is 15.8 Å². The third kappa shape index (κ3) is 4.94. The number of amides is 1. The van der Waals surface area contributed by atoms with Gasteiger partial charge in [0.25, 0.3) is 0 Å². The van der Waals surface area contributed by atoms with Gasteiger partial charge in [0.1, 0.15) is 12.4 Å². The molecule has 0 N–H and O–H groups in total. The van der Waals surface area contributed by atoms with Gasteiger partial charge < -0.3 is 9.16 Å². The fourth-order valence-corrected chi connectivity index (χ4v) is 4.80. The van der Waals surface area contributed by atoms with E-state index in [4.69, 9.17) is 9.16 Å². The second-order valence-corrected chi connectivity index (χ2v) is 14.9. The van der Waals surface area contributed by atoms with Crippen LogP contribution in [0.1, 0.15) is 43.5 Å². The highest BCUT2D eigenvalue weighted by Crippen LogP contribution is 2.45. The van der Waals surface area contributed by atoms with E-state index in [1.165, 1.54) is 0 Å². The largest absolute Gasteiger partial charge is 0.543 e. The fraction of sp³-hybridized carbons (Fsp3) is 0.276. The zero-order valence-corrected chi connectivity index (χ0v) is 21.6. The third-order valence-corrected chi connectivity index (χ3v) is 11.1. The molecule has 0 fully saturated rings. The molecule has 1 aliphatic heterocycles. The maximum absolute atomic E-state index is 13.5. The lowest BCUT2D eigenvalue weighted by Crippen LogP contribution is -2.42. The van der Waals surface area contributed by atoms with E-state index in [1.807, 2.05) is 84.9 Å². The number of carbonyl (C=O) groups is 1. The first-order valence-corrected chi connectivity index (χ1v) is 14.6. The molecule has 0 saturated carbocycles. The summed E-state index contributed by atoms with van der Waals surface area (Å²) < 4.78 is 12.6. The van der Waals surface area contributed by atoms with Crippen LogP contribution in [0.2, 0.25) is 18.1 Å². The maximum Gasteiger partial charge on any atom is 0.415 e. The minimum absolute atomic E-state index is 0.0524. The molecule has 4 rings (SSSR count). The molecule has 1 unspecified atom stereocenters. The molecule has 1 atom stereocenters. The van der Waals surface area contributed by atoms with Gasteiger partial charge in [0, 0.05) is 5.56 Å². The van der Waals surface area contributed by atoms with Crippen molar-refractivity contribution in [2.45, 2.75) is 51.6 Å². The first-order valence-electron chi connectivity index (χ1n) is 11.7. The molecule has 1 heterocycles. The van der Waals surface area contributed by atoms with Crippen molar-refractivity contribution in [2.24, 2.45) is 0 Å². The number of nitrogens with zero attached hydrogens (tertiary/aromatic N) is 1. The predicted octanol–water partition coefficient (Wildman–Crippen LogP) is 7.95. The lowest BCUT2D eigenvalue weighted by Gasteiger charge is -2.41. The van der Waals surface area contributed by atoms with E-state index < -0.39 is 8.32 Å². The van der Waals surface area contributed by atoms with Crippen LogP contribution >= 0.6 is 0 Å². The molecule has 0 radical (unpaired) electrons. The summed E-state index contributed by atoms with van der Waals surface area (Å²) in [4.78, 5) is 15.3. The van der Waals surface area contributed by atoms with Gasteiger partial charge in [-0.3, -0.25) is 4.90 Å². The Hall–Kier alpha value is -3.31. The van der Waals surface area contributed by atoms with Crippen molar-refractivity contribution in [2.75, 3.05) is 4.90 Å². The van der Waals surface area contributed by atoms with Crippen molar-refractivity contribution >= 4 is 25.9 Å². The molecule has 1 amide bonds. The molecule has 3 aromatic rings. The Labute approximate surface area is 204 Å². The number of benzene rings is 3. The number of carbonyl (C=O) groups excluding carboxylic acids is 1. The Morgan fingerprint density at radius 2 is 1.47 bits per heavy atom. The maximum atomic E-state index is 13.5. The molecular weight excluding hydrogens is 438 g/mol. The molecule has 0 aromatic heterocycles. The van der Waals surface area contributed by atoms with Crippen molar-refractivity contribution in [1.29, 1.82) is 0 Å². The summed E-state index contributed by atoms with van der Waals surface area (Å²) >= 11 is 0. The van der Waals surface area contributed by atoms with Gasteiger partial charge in [0.2, 0.25) is 8.32 Å². The van der Waals surface area contributed by atoms with Gasteiger partial charge >= 0.3 is 6.09 Å². The van der Waals surface area contributed by atoms with Crippen LogP contribution in [0.15, 0.2) is 91.0 Å². The van der Waals surface area contributed by atoms with Crippen molar-refractivity contribution in [3.63, 3.8) is 0 Å². The Bertz CT molecular complexity index is 1170. The molecule has 0 bridgehead atoms. The Balaban J connectivity index is 1.75. The zero-order chi connectivity index (χ0) is 24.3. The summed E-state index contributed by atoms with van der Waals surface area (Å²) in [5.74, 6) is 0.836. The number of hydrogen-bond acceptors (Lipinski definition) is 3. The van der Waals surface area contributed by atoms with E-state index in [0.29, 0.717) is 0 Å². The number of para-hydroxylation sites is 1. The predicted molar refractivity (Wildman–Crippen MR) is 141 cm³/mol. The molecule has 4 nitrogen and oxygen atoms in total. The molecule has 0 spiro atoms. The fourth-order valence-electron chi connectivity index (χ4n) is 3.76. The lowest BCUT2D eigenvalue weighted by atomic mass is 9.96. The first kappa shape index (κ1) is 23.8. The summed E-state index contributed by atoms with van der Waals surface area (Å²) in [5, 5.41) is 0.0524. The molecule has 34 heavy (non-hydrogen) atoms. The summed E-state index contributed by atoms with van der Waals surface area (Å²) in [6, 6.07) is 27.4. The third-order valence-electron chi connectivity index (χ3n) is 6.73. The van der Waals surface area contributed by atoms with E-state index in [9.17, 15) is 4.79 Å². The lowest BCUT2D eigenvalue weighted by molar-refractivity contribution is 0.145. The van der Waals surface area contributed by atoms with Crippen molar-refractivity contribution < 1.29 is 14.0 Å². The normalized spacial score (nSPS) is 15.9. The highest BCUT2D eigenvalue weighted by atomic mass is 28.4. The average Bonchev–Trinajstić information content (AvgIpc) is 2.82. The number of rotatable bonds is 5. The van der Waals surface area contributed by atoms with Gasteiger partial charge in [-0.05, 0) is 47.5 Å². The topological polar surface area (TPSA) is 38.8 Å². The number of ether oxygens (including phenoxy) is 1. The van der Waals surface area contributed by atoms with E-state index in [0.717, 1.165) is 28.1 Å². The Kier molecular flexibility index (Phi) is 6.67. The highest BCUT2D eigenvalue weighted by molar-refractivity contribution is 6.74. The smallest absolute Gasteiger partial charge is 0.415 e. The molecule has 176 valence electrons. The summed E-state index contributed by atoms with van der Waals surface area (Å²) in [6.45, 7) is 11.4. The summed E-state index contributed by atoms with van der Waals surface area (Å²) in [5.41, 5.74) is 3.67. The Morgan fingerprint density at radius 1 is 0.882 bits per heavy atom. The van der Waals surface area contributed by atoms with Gasteiger partial charge in [0.15, 0.2) is 0 Å². The van der Waals surface area contributed by atoms with Crippen LogP contribution in [-0.4, -0.2) is 14.4 Å². The van der Waals surface area contributed by atoms with Crippen molar-refractivity contribution in [3.05, 3.63) is 108 Å². The van der Waals surface area contributed by atoms with Crippen LogP contribution in [0.25, 0.3) is 5.76 Å². The SMILES string of the molecule is CC(C)(C)[Si](C)(C)OC1=CC(c2ccccc2)N(C(=O)OCc2ccccc2)c2ccccc21. The Morgan fingerprint density at radius 3 is 2.12 bits per heavy atom. The monoisotopic (exact) mass is 471 g/mol. The van der Waals surface area contributed by atoms with Gasteiger partial charge in [-0.1, -0.05) is 93.6 Å². The molecular formula is C29H33NO3Si. The minimum atomic E-state index is -2.10. The van der Waals surface area contributed by atoms with Crippen LogP contribution in [0.3, 0.4) is 0 Å². The zero-order valence-electron chi connectivity index (χ0n) is 20.6. The quantitative estimate of drug-likeness (QED) is 0.354. The summed E-state index contributed by atoms with van der Waals surface area (Å²) in [7, 11) is -2.10. The van der Waals surface area contributed by atoms with E-state index in [-0.39, 0.29) is 23.8 Å². The van der Waals surface area contributed by atoms with Crippen LogP contribution in [0.5, 0.6) is 0 Å². The second-order valence-electron chi connectivity index (χ2n) is 10.2. The van der Waals surface area contributed by atoms with Gasteiger partial charge in [-0.2, -0.15) is 0 Å². The van der Waals surface area contributed by atoms with E-state index >= 15 is 0 Å². The van der Waals surface area contributed by atoms with Crippen LogP contribution in [0, 0.1) is 0 Å². The van der Waals surface area contributed by atoms with Crippen molar-refractivity contribution in [3.8, 4) is 0 Å². The van der Waals surface area contributed by atoms with E-state index in [2.05, 4.69) is 39.9 Å². The molecule has 1 aliphatic rings. The van der Waals surface area contributed by atoms with Gasteiger partial charge in [-0.25, -0.2) is 4.79 Å². The number of anilines is 1. The molecule has 0 aliphatic carbocycles. The van der Waals surface area contributed by atoms with Crippen LogP contribution in [0.4, 0.5) is 10.5 Å². The average molecular weight is 472 g/mol. The second kappa shape index (κ2) is 9.51. The molecule has 3 aromatic carbocycles. The minimum Gasteiger partial charge on any atom is -0.543 e. The standard InChI is InChI=1S/C29H33NO3Si/c1-29(2,3)34(4,5)33-27-20-26(23-16-10-7-11-17-23)30(25-19-13-12-18-24(25)27)28(31)32-21-22-14-8-6-9-15-22/h6-20,26H,21H2,1-5H3. The highest BCUT2D eigenvalue weighted by Gasteiger charge is 2.42. The van der Waals surface area contributed by atoms with Crippen molar-refractivity contribution in [1.82, 2.24) is 0 Å². The van der Waals surface area contributed by atoms with E-state index in [1.54, 1.807) is 4.90 Å². The summed E-state index contributed by atoms with van der Waals surface area (Å²) in [6.07, 6.45) is 1.69. The van der Waals surface area contributed by atoms with Gasteiger partial charge in [0.05, 0.1) is 11.7 Å². The number of fused-ring (bicyclic) bond motifs is 1.